The van der Waals surface area contributed by atoms with Crippen molar-refractivity contribution in [3.05, 3.63) is 114 Å². The van der Waals surface area contributed by atoms with Crippen molar-refractivity contribution in [3.63, 3.8) is 0 Å². The molecule has 6 heteroatoms. The van der Waals surface area contributed by atoms with Gasteiger partial charge in [0.25, 0.3) is 5.91 Å². The second-order valence-electron chi connectivity index (χ2n) is 7.30. The number of amides is 1. The highest BCUT2D eigenvalue weighted by atomic mass is 19.1. The smallest absolute Gasteiger partial charge is 0.281 e. The standard InChI is InChI=1S/C26H18FN3O2/c27-21-13-11-19(12-14-21)24-16-23(29-32-24)26(31)30(25-10-3-4-15-28-25)17-20-8-5-7-18-6-1-2-9-22(18)20/h1-16H,17H2. The number of anilines is 1. The molecule has 5 rings (SSSR count). The molecule has 2 heterocycles. The fraction of sp³-hybridized carbons (Fsp3) is 0.0385. The van der Waals surface area contributed by atoms with E-state index in [9.17, 15) is 9.18 Å². The Bertz CT molecular complexity index is 1380. The normalized spacial score (nSPS) is 10.9. The van der Waals surface area contributed by atoms with Crippen LogP contribution in [0.5, 0.6) is 0 Å². The topological polar surface area (TPSA) is 59.2 Å². The Hall–Kier alpha value is -4.32. The van der Waals surface area contributed by atoms with Crippen LogP contribution >= 0.6 is 0 Å². The highest BCUT2D eigenvalue weighted by molar-refractivity contribution is 6.05. The number of pyridine rings is 1. The van der Waals surface area contributed by atoms with Gasteiger partial charge in [-0.15, -0.1) is 0 Å². The number of nitrogens with zero attached hydrogens (tertiary/aromatic N) is 3. The Morgan fingerprint density at radius 1 is 0.906 bits per heavy atom. The predicted molar refractivity (Wildman–Crippen MR) is 121 cm³/mol. The lowest BCUT2D eigenvalue weighted by atomic mass is 10.0. The van der Waals surface area contributed by atoms with E-state index in [0.29, 0.717) is 23.7 Å². The van der Waals surface area contributed by atoms with E-state index in [1.54, 1.807) is 41.4 Å². The zero-order valence-corrected chi connectivity index (χ0v) is 17.0. The second kappa shape index (κ2) is 8.43. The van der Waals surface area contributed by atoms with Gasteiger partial charge in [-0.3, -0.25) is 9.69 Å². The van der Waals surface area contributed by atoms with Crippen molar-refractivity contribution < 1.29 is 13.7 Å². The highest BCUT2D eigenvalue weighted by Gasteiger charge is 2.23. The van der Waals surface area contributed by atoms with Gasteiger partial charge in [0.2, 0.25) is 0 Å². The molecule has 1 amide bonds. The van der Waals surface area contributed by atoms with Crippen LogP contribution in [0.1, 0.15) is 16.1 Å². The maximum atomic E-state index is 13.5. The molecular formula is C26H18FN3O2. The summed E-state index contributed by atoms with van der Waals surface area (Å²) in [6.45, 7) is 0.315. The van der Waals surface area contributed by atoms with Crippen LogP contribution in [0.3, 0.4) is 0 Å². The van der Waals surface area contributed by atoms with Crippen LogP contribution in [0.25, 0.3) is 22.1 Å². The van der Waals surface area contributed by atoms with E-state index < -0.39 is 0 Å². The zero-order valence-electron chi connectivity index (χ0n) is 17.0. The van der Waals surface area contributed by atoms with Crippen LogP contribution in [0.4, 0.5) is 10.2 Å². The van der Waals surface area contributed by atoms with Gasteiger partial charge >= 0.3 is 0 Å². The molecule has 0 aliphatic carbocycles. The molecule has 0 spiro atoms. The van der Waals surface area contributed by atoms with Crippen molar-refractivity contribution >= 4 is 22.5 Å². The number of rotatable bonds is 5. The van der Waals surface area contributed by atoms with Gasteiger partial charge in [-0.25, -0.2) is 9.37 Å². The molecule has 0 radical (unpaired) electrons. The maximum Gasteiger partial charge on any atom is 0.281 e. The van der Waals surface area contributed by atoms with Crippen molar-refractivity contribution in [2.24, 2.45) is 0 Å². The van der Waals surface area contributed by atoms with Gasteiger partial charge in [0.15, 0.2) is 11.5 Å². The average Bonchev–Trinajstić information content (AvgIpc) is 3.33. The number of fused-ring (bicyclic) bond motifs is 1. The zero-order chi connectivity index (χ0) is 21.9. The molecule has 5 aromatic rings. The van der Waals surface area contributed by atoms with E-state index in [2.05, 4.69) is 10.1 Å². The summed E-state index contributed by atoms with van der Waals surface area (Å²) < 4.78 is 18.6. The van der Waals surface area contributed by atoms with Gasteiger partial charge in [0, 0.05) is 17.8 Å². The van der Waals surface area contributed by atoms with E-state index in [1.165, 1.54) is 12.1 Å². The van der Waals surface area contributed by atoms with Crippen molar-refractivity contribution in [3.8, 4) is 11.3 Å². The van der Waals surface area contributed by atoms with Crippen molar-refractivity contribution in [2.45, 2.75) is 6.54 Å². The van der Waals surface area contributed by atoms with E-state index >= 15 is 0 Å². The molecule has 3 aromatic carbocycles. The molecule has 5 nitrogen and oxygen atoms in total. The largest absolute Gasteiger partial charge is 0.355 e. The summed E-state index contributed by atoms with van der Waals surface area (Å²) in [5, 5.41) is 6.14. The van der Waals surface area contributed by atoms with Crippen molar-refractivity contribution in [1.82, 2.24) is 10.1 Å². The third kappa shape index (κ3) is 3.86. The van der Waals surface area contributed by atoms with Gasteiger partial charge in [-0.2, -0.15) is 0 Å². The first kappa shape index (κ1) is 19.6. The van der Waals surface area contributed by atoms with Crippen LogP contribution in [-0.2, 0) is 6.54 Å². The first-order valence-corrected chi connectivity index (χ1v) is 10.1. The van der Waals surface area contributed by atoms with Gasteiger partial charge in [0.05, 0.1) is 6.54 Å². The average molecular weight is 423 g/mol. The molecule has 0 saturated carbocycles. The molecule has 0 saturated heterocycles. The number of carbonyl (C=O) groups is 1. The van der Waals surface area contributed by atoms with E-state index in [4.69, 9.17) is 4.52 Å². The second-order valence-corrected chi connectivity index (χ2v) is 7.30. The van der Waals surface area contributed by atoms with Crippen LogP contribution in [0, 0.1) is 5.82 Å². The van der Waals surface area contributed by atoms with E-state index in [0.717, 1.165) is 16.3 Å². The summed E-state index contributed by atoms with van der Waals surface area (Å²) in [5.41, 5.74) is 1.77. The third-order valence-corrected chi connectivity index (χ3v) is 5.24. The van der Waals surface area contributed by atoms with Gasteiger partial charge < -0.3 is 4.52 Å². The molecule has 0 atom stereocenters. The number of carbonyl (C=O) groups excluding carboxylic acids is 1. The van der Waals surface area contributed by atoms with Crippen LogP contribution in [0.2, 0.25) is 0 Å². The molecule has 0 N–H and O–H groups in total. The minimum absolute atomic E-state index is 0.148. The lowest BCUT2D eigenvalue weighted by molar-refractivity contribution is 0.0975. The van der Waals surface area contributed by atoms with Crippen molar-refractivity contribution in [1.29, 1.82) is 0 Å². The molecule has 2 aromatic heterocycles. The van der Waals surface area contributed by atoms with Gasteiger partial charge in [-0.1, -0.05) is 53.7 Å². The Morgan fingerprint density at radius 3 is 2.50 bits per heavy atom. The van der Waals surface area contributed by atoms with Crippen molar-refractivity contribution in [2.75, 3.05) is 4.90 Å². The Labute approximate surface area is 183 Å². The number of benzene rings is 3. The first-order valence-electron chi connectivity index (χ1n) is 10.1. The summed E-state index contributed by atoms with van der Waals surface area (Å²) in [6.07, 6.45) is 1.64. The molecule has 0 bridgehead atoms. The fourth-order valence-electron chi connectivity index (χ4n) is 3.64. The quantitative estimate of drug-likeness (QED) is 0.354. The molecule has 0 aliphatic heterocycles. The summed E-state index contributed by atoms with van der Waals surface area (Å²) in [5.74, 6) is 0.214. The molecule has 0 unspecified atom stereocenters. The van der Waals surface area contributed by atoms with E-state index in [1.807, 2.05) is 48.5 Å². The SMILES string of the molecule is O=C(c1cc(-c2ccc(F)cc2)on1)N(Cc1cccc2ccccc12)c1ccccn1. The molecule has 32 heavy (non-hydrogen) atoms. The minimum Gasteiger partial charge on any atom is -0.355 e. The third-order valence-electron chi connectivity index (χ3n) is 5.24. The number of hydrogen-bond donors (Lipinski definition) is 0. The highest BCUT2D eigenvalue weighted by Crippen LogP contribution is 2.25. The van der Waals surface area contributed by atoms with Crippen LogP contribution < -0.4 is 4.90 Å². The number of halogens is 1. The maximum absolute atomic E-state index is 13.5. The first-order chi connectivity index (χ1) is 15.7. The van der Waals surface area contributed by atoms with Gasteiger partial charge in [-0.05, 0) is 52.7 Å². The fourth-order valence-corrected chi connectivity index (χ4v) is 3.64. The summed E-state index contributed by atoms with van der Waals surface area (Å²) in [6, 6.07) is 26.9. The molecule has 0 fully saturated rings. The molecule has 0 aliphatic rings. The van der Waals surface area contributed by atoms with Crippen LogP contribution in [-0.4, -0.2) is 16.0 Å². The van der Waals surface area contributed by atoms with E-state index in [-0.39, 0.29) is 17.4 Å². The lowest BCUT2D eigenvalue weighted by Gasteiger charge is -2.21. The Morgan fingerprint density at radius 2 is 1.69 bits per heavy atom. The van der Waals surface area contributed by atoms with Crippen LogP contribution in [0.15, 0.2) is 102 Å². The number of hydrogen-bond acceptors (Lipinski definition) is 4. The number of aromatic nitrogens is 2. The lowest BCUT2D eigenvalue weighted by Crippen LogP contribution is -2.31. The van der Waals surface area contributed by atoms with Gasteiger partial charge in [0.1, 0.15) is 11.6 Å². The minimum atomic E-state index is -0.346. The Kier molecular flexibility index (Phi) is 5.17. The molecular weight excluding hydrogens is 405 g/mol. The summed E-state index contributed by atoms with van der Waals surface area (Å²) in [7, 11) is 0. The summed E-state index contributed by atoms with van der Waals surface area (Å²) in [4.78, 5) is 19.4. The Balaban J connectivity index is 1.51. The monoisotopic (exact) mass is 423 g/mol. The predicted octanol–water partition coefficient (Wildman–Crippen LogP) is 5.88. The molecule has 156 valence electrons. The summed E-state index contributed by atoms with van der Waals surface area (Å²) >= 11 is 0.